The Morgan fingerprint density at radius 3 is 1.25 bits per heavy atom. The van der Waals surface area contributed by atoms with Crippen molar-refractivity contribution in [2.45, 2.75) is 45.1 Å². The van der Waals surface area contributed by atoms with Crippen LogP contribution in [0.2, 0.25) is 0 Å². The number of hydrogen-bond donors (Lipinski definition) is 0. The molecule has 0 aromatic heterocycles. The number of carbonyl (C=O) groups is 1. The molecule has 0 aliphatic heterocycles. The van der Waals surface area contributed by atoms with Crippen LogP contribution in [0, 0.1) is 0 Å². The molecule has 0 N–H and O–H groups in total. The first-order valence-corrected chi connectivity index (χ1v) is 12.9. The summed E-state index contributed by atoms with van der Waals surface area (Å²) in [7, 11) is 0. The standard InChI is InChI=1S/C33H36N2O/c36-28-33(35(26-31-18-9-3-10-19-31)27-32-20-11-4-12-21-32)22-13-23-34(24-29-14-5-1-6-15-29)25-30-16-7-2-8-17-30/h1-12,14-21,28,33H,13,22-27H2. The largest absolute Gasteiger partial charge is 0.302 e. The first-order valence-electron chi connectivity index (χ1n) is 12.9. The SMILES string of the molecule is O=CC(CCCN(Cc1ccccc1)Cc1ccccc1)N(Cc1ccccc1)Cc1ccccc1. The molecule has 3 heteroatoms. The lowest BCUT2D eigenvalue weighted by Crippen LogP contribution is -2.36. The van der Waals surface area contributed by atoms with Crippen molar-refractivity contribution in [2.75, 3.05) is 6.54 Å². The van der Waals surface area contributed by atoms with Gasteiger partial charge in [0.15, 0.2) is 0 Å². The van der Waals surface area contributed by atoms with Crippen molar-refractivity contribution in [1.82, 2.24) is 9.80 Å². The Bertz CT molecular complexity index is 1050. The van der Waals surface area contributed by atoms with E-state index in [0.29, 0.717) is 0 Å². The number of benzene rings is 4. The molecular formula is C33H36N2O. The quantitative estimate of drug-likeness (QED) is 0.188. The summed E-state index contributed by atoms with van der Waals surface area (Å²) < 4.78 is 0. The fourth-order valence-electron chi connectivity index (χ4n) is 4.68. The van der Waals surface area contributed by atoms with Crippen LogP contribution in [0.1, 0.15) is 35.1 Å². The second-order valence-electron chi connectivity index (χ2n) is 9.40. The fourth-order valence-corrected chi connectivity index (χ4v) is 4.68. The predicted molar refractivity (Wildman–Crippen MR) is 148 cm³/mol. The normalized spacial score (nSPS) is 12.1. The molecule has 4 rings (SSSR count). The maximum atomic E-state index is 12.3. The minimum Gasteiger partial charge on any atom is -0.302 e. The van der Waals surface area contributed by atoms with E-state index < -0.39 is 0 Å². The van der Waals surface area contributed by atoms with Crippen molar-refractivity contribution < 1.29 is 4.79 Å². The summed E-state index contributed by atoms with van der Waals surface area (Å²) in [5.41, 5.74) is 5.09. The van der Waals surface area contributed by atoms with Crippen LogP contribution in [-0.4, -0.2) is 28.7 Å². The number of carbonyl (C=O) groups excluding carboxylic acids is 1. The highest BCUT2D eigenvalue weighted by atomic mass is 16.1. The Morgan fingerprint density at radius 2 is 0.889 bits per heavy atom. The molecule has 4 aromatic carbocycles. The lowest BCUT2D eigenvalue weighted by atomic mass is 10.1. The first-order chi connectivity index (χ1) is 17.8. The second-order valence-corrected chi connectivity index (χ2v) is 9.40. The fraction of sp³-hybridized carbons (Fsp3) is 0.242. The molecule has 3 nitrogen and oxygen atoms in total. The van der Waals surface area contributed by atoms with Gasteiger partial charge in [0.05, 0.1) is 6.04 Å². The summed E-state index contributed by atoms with van der Waals surface area (Å²) in [6.07, 6.45) is 2.94. The molecule has 1 atom stereocenters. The number of hydrogen-bond acceptors (Lipinski definition) is 3. The van der Waals surface area contributed by atoms with Crippen molar-refractivity contribution in [3.63, 3.8) is 0 Å². The summed E-state index contributed by atoms with van der Waals surface area (Å²) >= 11 is 0. The molecule has 1 unspecified atom stereocenters. The molecule has 184 valence electrons. The Balaban J connectivity index is 1.42. The first kappa shape index (κ1) is 25.6. The molecule has 4 aromatic rings. The van der Waals surface area contributed by atoms with E-state index in [-0.39, 0.29) is 6.04 Å². The molecule has 0 amide bonds. The van der Waals surface area contributed by atoms with E-state index in [1.54, 1.807) is 0 Å². The highest BCUT2D eigenvalue weighted by Gasteiger charge is 2.19. The van der Waals surface area contributed by atoms with Crippen LogP contribution in [-0.2, 0) is 31.0 Å². The molecule has 0 saturated heterocycles. The zero-order valence-electron chi connectivity index (χ0n) is 21.0. The van der Waals surface area contributed by atoms with Gasteiger partial charge in [-0.25, -0.2) is 0 Å². The molecule has 0 heterocycles. The van der Waals surface area contributed by atoms with E-state index in [9.17, 15) is 4.79 Å². The van der Waals surface area contributed by atoms with E-state index in [0.717, 1.165) is 51.9 Å². The van der Waals surface area contributed by atoms with Crippen molar-refractivity contribution in [1.29, 1.82) is 0 Å². The number of rotatable bonds is 14. The molecule has 0 fully saturated rings. The van der Waals surface area contributed by atoms with Crippen molar-refractivity contribution in [2.24, 2.45) is 0 Å². The highest BCUT2D eigenvalue weighted by Crippen LogP contribution is 2.17. The smallest absolute Gasteiger partial charge is 0.137 e. The van der Waals surface area contributed by atoms with E-state index in [1.807, 2.05) is 12.1 Å². The molecule has 0 aliphatic carbocycles. The molecule has 0 radical (unpaired) electrons. The van der Waals surface area contributed by atoms with Crippen molar-refractivity contribution >= 4 is 6.29 Å². The van der Waals surface area contributed by atoms with E-state index in [4.69, 9.17) is 0 Å². The summed E-state index contributed by atoms with van der Waals surface area (Å²) in [5, 5.41) is 0. The topological polar surface area (TPSA) is 23.6 Å². The monoisotopic (exact) mass is 476 g/mol. The highest BCUT2D eigenvalue weighted by molar-refractivity contribution is 5.57. The molecule has 0 bridgehead atoms. The third-order valence-corrected chi connectivity index (χ3v) is 6.56. The zero-order valence-corrected chi connectivity index (χ0v) is 21.0. The van der Waals surface area contributed by atoms with Gasteiger partial charge in [0, 0.05) is 26.2 Å². The van der Waals surface area contributed by atoms with Gasteiger partial charge in [-0.2, -0.15) is 0 Å². The Labute approximate surface area is 216 Å². The number of aldehydes is 1. The van der Waals surface area contributed by atoms with Crippen LogP contribution >= 0.6 is 0 Å². The van der Waals surface area contributed by atoms with Gasteiger partial charge in [-0.3, -0.25) is 9.80 Å². The molecule has 36 heavy (non-hydrogen) atoms. The average Bonchev–Trinajstić information content (AvgIpc) is 2.93. The van der Waals surface area contributed by atoms with Gasteiger partial charge in [-0.1, -0.05) is 121 Å². The van der Waals surface area contributed by atoms with Crippen molar-refractivity contribution in [3.8, 4) is 0 Å². The zero-order chi connectivity index (χ0) is 24.8. The number of nitrogens with zero attached hydrogens (tertiary/aromatic N) is 2. The van der Waals surface area contributed by atoms with Gasteiger partial charge in [-0.15, -0.1) is 0 Å². The summed E-state index contributed by atoms with van der Waals surface area (Å²) in [6, 6.07) is 42.1. The molecular weight excluding hydrogens is 440 g/mol. The van der Waals surface area contributed by atoms with Crippen LogP contribution in [0.3, 0.4) is 0 Å². The lowest BCUT2D eigenvalue weighted by molar-refractivity contribution is -0.113. The Morgan fingerprint density at radius 1 is 0.528 bits per heavy atom. The van der Waals surface area contributed by atoms with Gasteiger partial charge < -0.3 is 4.79 Å². The van der Waals surface area contributed by atoms with E-state index in [2.05, 4.69) is 119 Å². The maximum Gasteiger partial charge on any atom is 0.137 e. The summed E-state index contributed by atoms with van der Waals surface area (Å²) in [6.45, 7) is 4.27. The average molecular weight is 477 g/mol. The van der Waals surface area contributed by atoms with Gasteiger partial charge >= 0.3 is 0 Å². The second kappa shape index (κ2) is 14.1. The maximum absolute atomic E-state index is 12.3. The van der Waals surface area contributed by atoms with E-state index in [1.165, 1.54) is 22.3 Å². The Hall–Kier alpha value is -3.53. The minimum atomic E-state index is -0.124. The van der Waals surface area contributed by atoms with Gasteiger partial charge in [0.2, 0.25) is 0 Å². The minimum absolute atomic E-state index is 0.124. The molecule has 0 saturated carbocycles. The van der Waals surface area contributed by atoms with Gasteiger partial charge in [0.25, 0.3) is 0 Å². The Kier molecular flexibility index (Phi) is 10.0. The van der Waals surface area contributed by atoms with Crippen LogP contribution in [0.25, 0.3) is 0 Å². The summed E-state index contributed by atoms with van der Waals surface area (Å²) in [4.78, 5) is 17.1. The molecule has 0 aliphatic rings. The third-order valence-electron chi connectivity index (χ3n) is 6.56. The summed E-state index contributed by atoms with van der Waals surface area (Å²) in [5.74, 6) is 0. The van der Waals surface area contributed by atoms with Gasteiger partial charge in [-0.05, 0) is 41.6 Å². The van der Waals surface area contributed by atoms with Crippen LogP contribution in [0.5, 0.6) is 0 Å². The predicted octanol–water partition coefficient (Wildman–Crippen LogP) is 6.74. The lowest BCUT2D eigenvalue weighted by Gasteiger charge is -2.29. The van der Waals surface area contributed by atoms with Crippen LogP contribution in [0.4, 0.5) is 0 Å². The van der Waals surface area contributed by atoms with Crippen molar-refractivity contribution in [3.05, 3.63) is 144 Å². The third kappa shape index (κ3) is 8.30. The van der Waals surface area contributed by atoms with Gasteiger partial charge in [0.1, 0.15) is 6.29 Å². The van der Waals surface area contributed by atoms with Crippen LogP contribution in [0.15, 0.2) is 121 Å². The molecule has 0 spiro atoms. The van der Waals surface area contributed by atoms with E-state index >= 15 is 0 Å². The van der Waals surface area contributed by atoms with Crippen LogP contribution < -0.4 is 0 Å².